The van der Waals surface area contributed by atoms with Crippen LogP contribution in [0.15, 0.2) is 53.0 Å². The first-order valence-corrected chi connectivity index (χ1v) is 8.37. The standard InChI is InChI=1S/C18H18BrFN2O3/c1-12(25-16-9-3-13(19)4-10-16)18(24)22(2)11-17(23)21-15-7-5-14(20)6-8-15/h3-10,12H,11H2,1-2H3,(H,21,23)/t12-/m0/s1. The summed E-state index contributed by atoms with van der Waals surface area (Å²) in [5, 5.41) is 2.60. The van der Waals surface area contributed by atoms with Crippen molar-refractivity contribution in [3.8, 4) is 5.75 Å². The summed E-state index contributed by atoms with van der Waals surface area (Å²) in [7, 11) is 1.52. The smallest absolute Gasteiger partial charge is 0.263 e. The second kappa shape index (κ2) is 8.62. The highest BCUT2D eigenvalue weighted by Gasteiger charge is 2.21. The zero-order valence-corrected chi connectivity index (χ0v) is 15.4. The van der Waals surface area contributed by atoms with E-state index in [-0.39, 0.29) is 24.2 Å². The second-order valence-corrected chi connectivity index (χ2v) is 6.38. The average Bonchev–Trinajstić information content (AvgIpc) is 2.58. The van der Waals surface area contributed by atoms with E-state index >= 15 is 0 Å². The number of carbonyl (C=O) groups is 2. The van der Waals surface area contributed by atoms with E-state index in [1.165, 1.54) is 36.2 Å². The Labute approximate surface area is 153 Å². The molecule has 2 rings (SSSR count). The van der Waals surface area contributed by atoms with Crippen molar-refractivity contribution in [3.63, 3.8) is 0 Å². The maximum Gasteiger partial charge on any atom is 0.263 e. The molecule has 7 heteroatoms. The molecule has 0 aliphatic heterocycles. The van der Waals surface area contributed by atoms with Crippen LogP contribution in [0.3, 0.4) is 0 Å². The van der Waals surface area contributed by atoms with Crippen LogP contribution in [0.1, 0.15) is 6.92 Å². The highest BCUT2D eigenvalue weighted by atomic mass is 79.9. The largest absolute Gasteiger partial charge is 0.481 e. The van der Waals surface area contributed by atoms with Crippen molar-refractivity contribution < 1.29 is 18.7 Å². The SMILES string of the molecule is C[C@H](Oc1ccc(Br)cc1)C(=O)N(C)CC(=O)Nc1ccc(F)cc1. The molecule has 2 aromatic carbocycles. The molecule has 2 aromatic rings. The summed E-state index contributed by atoms with van der Waals surface area (Å²) in [6.07, 6.45) is -0.732. The highest BCUT2D eigenvalue weighted by Crippen LogP contribution is 2.17. The fourth-order valence-corrected chi connectivity index (χ4v) is 2.37. The zero-order chi connectivity index (χ0) is 18.4. The Kier molecular flexibility index (Phi) is 6.52. The van der Waals surface area contributed by atoms with Gasteiger partial charge in [-0.25, -0.2) is 4.39 Å². The fraction of sp³-hybridized carbons (Fsp3) is 0.222. The Balaban J connectivity index is 1.86. The van der Waals surface area contributed by atoms with E-state index < -0.39 is 6.10 Å². The molecule has 0 aliphatic carbocycles. The third kappa shape index (κ3) is 5.86. The van der Waals surface area contributed by atoms with Crippen LogP contribution in [0.4, 0.5) is 10.1 Å². The lowest BCUT2D eigenvalue weighted by atomic mass is 10.3. The number of nitrogens with zero attached hydrogens (tertiary/aromatic N) is 1. The monoisotopic (exact) mass is 408 g/mol. The Bertz CT molecular complexity index is 735. The van der Waals surface area contributed by atoms with Gasteiger partial charge < -0.3 is 15.0 Å². The van der Waals surface area contributed by atoms with Gasteiger partial charge in [0.05, 0.1) is 6.54 Å². The summed E-state index contributed by atoms with van der Waals surface area (Å²) >= 11 is 3.33. The van der Waals surface area contributed by atoms with Crippen molar-refractivity contribution in [2.24, 2.45) is 0 Å². The van der Waals surface area contributed by atoms with Crippen LogP contribution >= 0.6 is 15.9 Å². The fourth-order valence-electron chi connectivity index (χ4n) is 2.11. The van der Waals surface area contributed by atoms with Gasteiger partial charge in [0.15, 0.2) is 6.10 Å². The number of rotatable bonds is 6. The lowest BCUT2D eigenvalue weighted by Gasteiger charge is -2.21. The van der Waals surface area contributed by atoms with Crippen LogP contribution < -0.4 is 10.1 Å². The molecule has 1 N–H and O–H groups in total. The summed E-state index contributed by atoms with van der Waals surface area (Å²) in [6.45, 7) is 1.49. The molecule has 1 atom stereocenters. The van der Waals surface area contributed by atoms with Gasteiger partial charge >= 0.3 is 0 Å². The number of carbonyl (C=O) groups excluding carboxylic acids is 2. The van der Waals surface area contributed by atoms with Gasteiger partial charge in [-0.2, -0.15) is 0 Å². The molecule has 0 unspecified atom stereocenters. The van der Waals surface area contributed by atoms with E-state index in [0.29, 0.717) is 11.4 Å². The van der Waals surface area contributed by atoms with E-state index in [1.54, 1.807) is 19.1 Å². The molecule has 0 radical (unpaired) electrons. The minimum atomic E-state index is -0.732. The molecule has 0 fully saturated rings. The maximum atomic E-state index is 12.8. The van der Waals surface area contributed by atoms with E-state index in [9.17, 15) is 14.0 Å². The van der Waals surface area contributed by atoms with Crippen LogP contribution in [0.2, 0.25) is 0 Å². The Morgan fingerprint density at radius 3 is 2.36 bits per heavy atom. The molecule has 25 heavy (non-hydrogen) atoms. The van der Waals surface area contributed by atoms with Crippen molar-refractivity contribution >= 4 is 33.4 Å². The van der Waals surface area contributed by atoms with E-state index in [1.807, 2.05) is 12.1 Å². The second-order valence-electron chi connectivity index (χ2n) is 5.46. The molecule has 5 nitrogen and oxygen atoms in total. The normalized spacial score (nSPS) is 11.5. The van der Waals surface area contributed by atoms with E-state index in [2.05, 4.69) is 21.2 Å². The van der Waals surface area contributed by atoms with E-state index in [0.717, 1.165) is 4.47 Å². The predicted molar refractivity (Wildman–Crippen MR) is 96.9 cm³/mol. The molecule has 132 valence electrons. The van der Waals surface area contributed by atoms with Gasteiger partial charge in [-0.3, -0.25) is 9.59 Å². The number of ether oxygens (including phenoxy) is 1. The van der Waals surface area contributed by atoms with Crippen molar-refractivity contribution in [3.05, 3.63) is 58.8 Å². The Hall–Kier alpha value is -2.41. The predicted octanol–water partition coefficient (Wildman–Crippen LogP) is 3.45. The first-order valence-electron chi connectivity index (χ1n) is 7.58. The number of halogens is 2. The summed E-state index contributed by atoms with van der Waals surface area (Å²) in [6, 6.07) is 12.5. The zero-order valence-electron chi connectivity index (χ0n) is 13.8. The van der Waals surface area contributed by atoms with Gasteiger partial charge in [0.1, 0.15) is 11.6 Å². The van der Waals surface area contributed by atoms with Gasteiger partial charge in [-0.1, -0.05) is 15.9 Å². The van der Waals surface area contributed by atoms with Crippen molar-refractivity contribution in [1.29, 1.82) is 0 Å². The van der Waals surface area contributed by atoms with Gasteiger partial charge in [0.2, 0.25) is 5.91 Å². The Morgan fingerprint density at radius 1 is 1.16 bits per heavy atom. The van der Waals surface area contributed by atoms with Gasteiger partial charge in [0, 0.05) is 17.2 Å². The van der Waals surface area contributed by atoms with Gasteiger partial charge in [-0.05, 0) is 55.5 Å². The minimum absolute atomic E-state index is 0.135. The number of anilines is 1. The summed E-state index contributed by atoms with van der Waals surface area (Å²) in [5.41, 5.74) is 0.464. The minimum Gasteiger partial charge on any atom is -0.481 e. The van der Waals surface area contributed by atoms with Gasteiger partial charge in [-0.15, -0.1) is 0 Å². The molecule has 0 spiro atoms. The molecule has 0 saturated carbocycles. The molecule has 0 heterocycles. The number of likely N-dealkylation sites (N-methyl/N-ethyl adjacent to an activating group) is 1. The number of amides is 2. The third-order valence-corrected chi connectivity index (χ3v) is 3.89. The number of benzene rings is 2. The number of nitrogens with one attached hydrogen (secondary N) is 1. The lowest BCUT2D eigenvalue weighted by molar-refractivity contribution is -0.139. The molecule has 0 aromatic heterocycles. The molecule has 0 bridgehead atoms. The molecule has 2 amide bonds. The summed E-state index contributed by atoms with van der Waals surface area (Å²) < 4.78 is 19.3. The third-order valence-electron chi connectivity index (χ3n) is 3.36. The highest BCUT2D eigenvalue weighted by molar-refractivity contribution is 9.10. The summed E-state index contributed by atoms with van der Waals surface area (Å²) in [5.74, 6) is -0.520. The van der Waals surface area contributed by atoms with E-state index in [4.69, 9.17) is 4.74 Å². The first kappa shape index (κ1) is 18.9. The van der Waals surface area contributed by atoms with Crippen molar-refractivity contribution in [2.45, 2.75) is 13.0 Å². The van der Waals surface area contributed by atoms with Crippen LogP contribution in [0, 0.1) is 5.82 Å². The molecular weight excluding hydrogens is 391 g/mol. The Morgan fingerprint density at radius 2 is 1.76 bits per heavy atom. The van der Waals surface area contributed by atoms with Crippen LogP contribution in [-0.4, -0.2) is 36.4 Å². The van der Waals surface area contributed by atoms with Crippen molar-refractivity contribution in [2.75, 3.05) is 18.9 Å². The summed E-state index contributed by atoms with van der Waals surface area (Å²) in [4.78, 5) is 25.6. The maximum absolute atomic E-state index is 12.8. The molecular formula is C18H18BrFN2O3. The molecule has 0 aliphatic rings. The van der Waals surface area contributed by atoms with Crippen molar-refractivity contribution in [1.82, 2.24) is 4.90 Å². The lowest BCUT2D eigenvalue weighted by Crippen LogP contribution is -2.41. The average molecular weight is 409 g/mol. The quantitative estimate of drug-likeness (QED) is 0.795. The van der Waals surface area contributed by atoms with Crippen LogP contribution in [0.25, 0.3) is 0 Å². The van der Waals surface area contributed by atoms with Gasteiger partial charge in [0.25, 0.3) is 5.91 Å². The topological polar surface area (TPSA) is 58.6 Å². The first-order chi connectivity index (χ1) is 11.8. The number of hydrogen-bond acceptors (Lipinski definition) is 3. The van der Waals surface area contributed by atoms with Crippen LogP contribution in [0.5, 0.6) is 5.75 Å². The molecule has 0 saturated heterocycles. The van der Waals surface area contributed by atoms with Crippen LogP contribution in [-0.2, 0) is 9.59 Å². The number of hydrogen-bond donors (Lipinski definition) is 1.